The van der Waals surface area contributed by atoms with Crippen molar-refractivity contribution in [1.29, 1.82) is 0 Å². The molecule has 2 aromatic rings. The van der Waals surface area contributed by atoms with Crippen molar-refractivity contribution in [3.63, 3.8) is 0 Å². The van der Waals surface area contributed by atoms with Gasteiger partial charge in [-0.15, -0.1) is 0 Å². The summed E-state index contributed by atoms with van der Waals surface area (Å²) in [7, 11) is 0. The van der Waals surface area contributed by atoms with Crippen LogP contribution in [0.1, 0.15) is 26.3 Å². The van der Waals surface area contributed by atoms with Crippen LogP contribution in [0.2, 0.25) is 0 Å². The van der Waals surface area contributed by atoms with Gasteiger partial charge in [0.15, 0.2) is 0 Å². The summed E-state index contributed by atoms with van der Waals surface area (Å²) in [6.07, 6.45) is 0. The summed E-state index contributed by atoms with van der Waals surface area (Å²) < 4.78 is 5.20. The van der Waals surface area contributed by atoms with Gasteiger partial charge in [-0.25, -0.2) is 4.79 Å². The third-order valence-corrected chi connectivity index (χ3v) is 2.68. The second kappa shape index (κ2) is 5.44. The number of nitrogens with two attached hydrogens (primary N) is 2. The lowest BCUT2D eigenvalue weighted by Crippen LogP contribution is -2.12. The fourth-order valence-corrected chi connectivity index (χ4v) is 1.78. The predicted molar refractivity (Wildman–Crippen MR) is 75.5 cm³/mol. The normalized spacial score (nSPS) is 10.1. The molecule has 5 heteroatoms. The van der Waals surface area contributed by atoms with Crippen molar-refractivity contribution in [2.45, 2.75) is 6.92 Å². The van der Waals surface area contributed by atoms with E-state index in [1.807, 2.05) is 6.92 Å². The van der Waals surface area contributed by atoms with Crippen LogP contribution in [0, 0.1) is 6.92 Å². The predicted octanol–water partition coefficient (Wildman–Crippen LogP) is 1.90. The second-order valence-corrected chi connectivity index (χ2v) is 4.41. The molecule has 0 fully saturated rings. The van der Waals surface area contributed by atoms with E-state index in [0.717, 1.165) is 5.56 Å². The molecule has 0 saturated heterocycles. The first-order chi connectivity index (χ1) is 9.45. The Bertz CT molecular complexity index is 643. The third-order valence-electron chi connectivity index (χ3n) is 2.68. The maximum Gasteiger partial charge on any atom is 0.343 e. The number of hydrogen-bond donors (Lipinski definition) is 2. The first kappa shape index (κ1) is 13.6. The molecular formula is C15H14N2O3. The first-order valence-corrected chi connectivity index (χ1v) is 5.95. The smallest absolute Gasteiger partial charge is 0.343 e. The van der Waals surface area contributed by atoms with Crippen LogP contribution in [0.25, 0.3) is 0 Å². The van der Waals surface area contributed by atoms with Crippen LogP contribution in [0.3, 0.4) is 0 Å². The Hall–Kier alpha value is -2.82. The minimum atomic E-state index is -0.533. The number of primary amides is 1. The van der Waals surface area contributed by atoms with Crippen LogP contribution >= 0.6 is 0 Å². The van der Waals surface area contributed by atoms with E-state index in [1.54, 1.807) is 18.2 Å². The second-order valence-electron chi connectivity index (χ2n) is 4.41. The summed E-state index contributed by atoms with van der Waals surface area (Å²) in [5.74, 6) is -0.707. The van der Waals surface area contributed by atoms with E-state index in [1.165, 1.54) is 24.3 Å². The quantitative estimate of drug-likeness (QED) is 0.506. The minimum Gasteiger partial charge on any atom is -0.423 e. The first-order valence-electron chi connectivity index (χ1n) is 5.95. The van der Waals surface area contributed by atoms with Crippen molar-refractivity contribution in [3.8, 4) is 5.75 Å². The van der Waals surface area contributed by atoms with E-state index in [-0.39, 0.29) is 0 Å². The molecular weight excluding hydrogens is 256 g/mol. The van der Waals surface area contributed by atoms with Crippen LogP contribution in [0.5, 0.6) is 5.75 Å². The summed E-state index contributed by atoms with van der Waals surface area (Å²) in [6.45, 7) is 1.84. The number of nitrogen functional groups attached to an aromatic ring is 1. The average Bonchev–Trinajstić information content (AvgIpc) is 2.38. The lowest BCUT2D eigenvalue weighted by Gasteiger charge is -2.06. The number of aryl methyl sites for hydroxylation is 1. The molecule has 0 aliphatic rings. The number of anilines is 1. The van der Waals surface area contributed by atoms with Crippen LogP contribution in [0.4, 0.5) is 5.69 Å². The molecule has 5 nitrogen and oxygen atoms in total. The summed E-state index contributed by atoms with van der Waals surface area (Å²) in [5.41, 5.74) is 12.9. The van der Waals surface area contributed by atoms with Crippen molar-refractivity contribution >= 4 is 17.6 Å². The van der Waals surface area contributed by atoms with Gasteiger partial charge in [-0.1, -0.05) is 0 Å². The maximum atomic E-state index is 12.0. The van der Waals surface area contributed by atoms with Gasteiger partial charge in [0.05, 0.1) is 5.56 Å². The molecule has 2 rings (SSSR count). The number of carbonyl (C=O) groups is 2. The summed E-state index contributed by atoms with van der Waals surface area (Å²) in [6, 6.07) is 11.0. The van der Waals surface area contributed by atoms with Crippen molar-refractivity contribution in [1.82, 2.24) is 0 Å². The molecule has 2 aromatic carbocycles. The molecule has 0 aromatic heterocycles. The van der Waals surface area contributed by atoms with Crippen molar-refractivity contribution in [3.05, 3.63) is 59.2 Å². The standard InChI is InChI=1S/C15H14N2O3/c1-9-6-11(8-12(16)7-9)15(19)20-13-4-2-10(3-5-13)14(17)18/h2-8H,16H2,1H3,(H2,17,18). The Kier molecular flexibility index (Phi) is 3.70. The number of benzene rings is 2. The Morgan fingerprint density at radius 1 is 1.00 bits per heavy atom. The fourth-order valence-electron chi connectivity index (χ4n) is 1.78. The van der Waals surface area contributed by atoms with Crippen LogP contribution in [0.15, 0.2) is 42.5 Å². The lowest BCUT2D eigenvalue weighted by atomic mass is 10.1. The number of rotatable bonds is 3. The molecule has 0 spiro atoms. The number of esters is 1. The van der Waals surface area contributed by atoms with E-state index in [2.05, 4.69) is 0 Å². The van der Waals surface area contributed by atoms with Crippen LogP contribution < -0.4 is 16.2 Å². The average molecular weight is 270 g/mol. The molecule has 0 saturated carbocycles. The highest BCUT2D eigenvalue weighted by molar-refractivity contribution is 5.94. The van der Waals surface area contributed by atoms with Gasteiger partial charge in [0.1, 0.15) is 5.75 Å². The number of amides is 1. The largest absolute Gasteiger partial charge is 0.423 e. The van der Waals surface area contributed by atoms with Gasteiger partial charge in [0.25, 0.3) is 0 Å². The maximum absolute atomic E-state index is 12.0. The summed E-state index contributed by atoms with van der Waals surface area (Å²) in [4.78, 5) is 22.9. The van der Waals surface area contributed by atoms with Gasteiger partial charge in [-0.05, 0) is 55.0 Å². The molecule has 4 N–H and O–H groups in total. The molecule has 0 aliphatic heterocycles. The summed E-state index contributed by atoms with van der Waals surface area (Å²) in [5, 5.41) is 0. The summed E-state index contributed by atoms with van der Waals surface area (Å²) >= 11 is 0. The fraction of sp³-hybridized carbons (Fsp3) is 0.0667. The monoisotopic (exact) mass is 270 g/mol. The topological polar surface area (TPSA) is 95.4 Å². The van der Waals surface area contributed by atoms with E-state index in [4.69, 9.17) is 16.2 Å². The van der Waals surface area contributed by atoms with Crippen LogP contribution in [-0.2, 0) is 0 Å². The third kappa shape index (κ3) is 3.14. The molecule has 0 bridgehead atoms. The van der Waals surface area contributed by atoms with Crippen LogP contribution in [-0.4, -0.2) is 11.9 Å². The molecule has 0 atom stereocenters. The van der Waals surface area contributed by atoms with Crippen molar-refractivity contribution < 1.29 is 14.3 Å². The Morgan fingerprint density at radius 2 is 1.65 bits per heavy atom. The Balaban J connectivity index is 2.16. The molecule has 20 heavy (non-hydrogen) atoms. The van der Waals surface area contributed by atoms with Crippen molar-refractivity contribution in [2.75, 3.05) is 5.73 Å². The highest BCUT2D eigenvalue weighted by atomic mass is 16.5. The number of carbonyl (C=O) groups excluding carboxylic acids is 2. The SMILES string of the molecule is Cc1cc(N)cc(C(=O)Oc2ccc(C(N)=O)cc2)c1. The van der Waals surface area contributed by atoms with Gasteiger partial charge < -0.3 is 16.2 Å². The molecule has 0 unspecified atom stereocenters. The number of ether oxygens (including phenoxy) is 1. The van der Waals surface area contributed by atoms with E-state index in [0.29, 0.717) is 22.6 Å². The molecule has 0 radical (unpaired) electrons. The van der Waals surface area contributed by atoms with E-state index in [9.17, 15) is 9.59 Å². The van der Waals surface area contributed by atoms with Gasteiger partial charge in [-0.2, -0.15) is 0 Å². The van der Waals surface area contributed by atoms with Gasteiger partial charge >= 0.3 is 5.97 Å². The molecule has 102 valence electrons. The zero-order chi connectivity index (χ0) is 14.7. The lowest BCUT2D eigenvalue weighted by molar-refractivity contribution is 0.0734. The highest BCUT2D eigenvalue weighted by Crippen LogP contribution is 2.16. The zero-order valence-electron chi connectivity index (χ0n) is 10.9. The van der Waals surface area contributed by atoms with E-state index < -0.39 is 11.9 Å². The van der Waals surface area contributed by atoms with Gasteiger partial charge in [0, 0.05) is 11.3 Å². The van der Waals surface area contributed by atoms with Gasteiger partial charge in [-0.3, -0.25) is 4.79 Å². The Morgan fingerprint density at radius 3 is 2.20 bits per heavy atom. The van der Waals surface area contributed by atoms with Crippen molar-refractivity contribution in [2.24, 2.45) is 5.73 Å². The van der Waals surface area contributed by atoms with E-state index >= 15 is 0 Å². The number of hydrogen-bond acceptors (Lipinski definition) is 4. The molecule has 0 heterocycles. The zero-order valence-corrected chi connectivity index (χ0v) is 10.9. The Labute approximate surface area is 116 Å². The minimum absolute atomic E-state index is 0.333. The van der Waals surface area contributed by atoms with Gasteiger partial charge in [0.2, 0.25) is 5.91 Å². The highest BCUT2D eigenvalue weighted by Gasteiger charge is 2.10. The molecule has 0 aliphatic carbocycles. The molecule has 1 amide bonds.